The first-order valence-electron chi connectivity index (χ1n) is 4.21. The van der Waals surface area contributed by atoms with E-state index < -0.39 is 5.97 Å². The van der Waals surface area contributed by atoms with Gasteiger partial charge in [-0.1, -0.05) is 33.6 Å². The van der Waals surface area contributed by atoms with Crippen LogP contribution in [0, 0.1) is 0 Å². The maximum atomic E-state index is 10.9. The van der Waals surface area contributed by atoms with Crippen LogP contribution >= 0.6 is 27.5 Å². The SMILES string of the molecule is COC(=O)COc1cc(CBr)ccc1Cl. The van der Waals surface area contributed by atoms with Crippen LogP contribution in [0.4, 0.5) is 0 Å². The van der Waals surface area contributed by atoms with Crippen molar-refractivity contribution in [2.45, 2.75) is 5.33 Å². The highest BCUT2D eigenvalue weighted by atomic mass is 79.9. The Kier molecular flexibility index (Phi) is 4.91. The third kappa shape index (κ3) is 3.72. The van der Waals surface area contributed by atoms with Crippen LogP contribution in [0.3, 0.4) is 0 Å². The van der Waals surface area contributed by atoms with Crippen molar-refractivity contribution in [2.24, 2.45) is 0 Å². The molecule has 0 aliphatic rings. The van der Waals surface area contributed by atoms with Gasteiger partial charge in [-0.2, -0.15) is 0 Å². The molecule has 0 N–H and O–H groups in total. The summed E-state index contributed by atoms with van der Waals surface area (Å²) in [5, 5.41) is 1.18. The first kappa shape index (κ1) is 12.3. The Morgan fingerprint density at radius 3 is 2.87 bits per heavy atom. The summed E-state index contributed by atoms with van der Waals surface area (Å²) in [6.07, 6.45) is 0. The fourth-order valence-electron chi connectivity index (χ4n) is 0.937. The van der Waals surface area contributed by atoms with Gasteiger partial charge in [0.1, 0.15) is 5.75 Å². The van der Waals surface area contributed by atoms with Crippen molar-refractivity contribution >= 4 is 33.5 Å². The highest BCUT2D eigenvalue weighted by Crippen LogP contribution is 2.26. The zero-order valence-electron chi connectivity index (χ0n) is 8.13. The first-order chi connectivity index (χ1) is 7.17. The van der Waals surface area contributed by atoms with Crippen LogP contribution in [0.15, 0.2) is 18.2 Å². The molecule has 0 amide bonds. The Bertz CT molecular complexity index is 355. The predicted molar refractivity (Wildman–Crippen MR) is 61.6 cm³/mol. The van der Waals surface area contributed by atoms with Crippen LogP contribution in [-0.4, -0.2) is 19.7 Å². The Morgan fingerprint density at radius 2 is 2.27 bits per heavy atom. The summed E-state index contributed by atoms with van der Waals surface area (Å²) in [6, 6.07) is 5.38. The maximum Gasteiger partial charge on any atom is 0.343 e. The first-order valence-corrected chi connectivity index (χ1v) is 5.71. The van der Waals surface area contributed by atoms with Gasteiger partial charge in [0.2, 0.25) is 0 Å². The van der Waals surface area contributed by atoms with E-state index >= 15 is 0 Å². The summed E-state index contributed by atoms with van der Waals surface area (Å²) >= 11 is 9.21. The molecule has 0 radical (unpaired) electrons. The number of hydrogen-bond acceptors (Lipinski definition) is 3. The molecule has 0 spiro atoms. The molecule has 0 fully saturated rings. The third-order valence-electron chi connectivity index (χ3n) is 1.72. The molecular weight excluding hydrogens is 283 g/mol. The second-order valence-corrected chi connectivity index (χ2v) is 3.73. The summed E-state index contributed by atoms with van der Waals surface area (Å²) in [4.78, 5) is 10.9. The summed E-state index contributed by atoms with van der Waals surface area (Å²) in [7, 11) is 1.31. The van der Waals surface area contributed by atoms with E-state index in [9.17, 15) is 4.79 Å². The quantitative estimate of drug-likeness (QED) is 0.632. The molecule has 0 heterocycles. The lowest BCUT2D eigenvalue weighted by Gasteiger charge is -2.07. The molecule has 0 aromatic heterocycles. The number of methoxy groups -OCH3 is 1. The molecule has 3 nitrogen and oxygen atoms in total. The van der Waals surface area contributed by atoms with Crippen molar-refractivity contribution in [1.29, 1.82) is 0 Å². The number of rotatable bonds is 4. The van der Waals surface area contributed by atoms with E-state index in [4.69, 9.17) is 16.3 Å². The lowest BCUT2D eigenvalue weighted by atomic mass is 10.2. The number of alkyl halides is 1. The van der Waals surface area contributed by atoms with Gasteiger partial charge >= 0.3 is 5.97 Å². The summed E-state index contributed by atoms with van der Waals surface area (Å²) in [6.45, 7) is -0.137. The van der Waals surface area contributed by atoms with E-state index in [1.165, 1.54) is 7.11 Å². The van der Waals surface area contributed by atoms with E-state index in [1.54, 1.807) is 12.1 Å². The van der Waals surface area contributed by atoms with Crippen molar-refractivity contribution in [3.8, 4) is 5.75 Å². The van der Waals surface area contributed by atoms with Crippen molar-refractivity contribution in [1.82, 2.24) is 0 Å². The third-order valence-corrected chi connectivity index (χ3v) is 2.68. The molecule has 0 bridgehead atoms. The monoisotopic (exact) mass is 292 g/mol. The fraction of sp³-hybridized carbons (Fsp3) is 0.300. The highest BCUT2D eigenvalue weighted by Gasteiger charge is 2.06. The van der Waals surface area contributed by atoms with Gasteiger partial charge in [0.15, 0.2) is 6.61 Å². The van der Waals surface area contributed by atoms with E-state index in [0.717, 1.165) is 5.56 Å². The van der Waals surface area contributed by atoms with Gasteiger partial charge in [-0.15, -0.1) is 0 Å². The molecule has 82 valence electrons. The van der Waals surface area contributed by atoms with Crippen molar-refractivity contribution < 1.29 is 14.3 Å². The van der Waals surface area contributed by atoms with E-state index in [1.807, 2.05) is 6.07 Å². The lowest BCUT2D eigenvalue weighted by Crippen LogP contribution is -2.12. The van der Waals surface area contributed by atoms with Gasteiger partial charge in [0, 0.05) is 5.33 Å². The van der Waals surface area contributed by atoms with Gasteiger partial charge in [0.25, 0.3) is 0 Å². The molecule has 15 heavy (non-hydrogen) atoms. The van der Waals surface area contributed by atoms with Gasteiger partial charge in [0.05, 0.1) is 12.1 Å². The van der Waals surface area contributed by atoms with Gasteiger partial charge in [-0.25, -0.2) is 4.79 Å². The Labute approximate surface area is 101 Å². The van der Waals surface area contributed by atoms with Crippen molar-refractivity contribution in [3.63, 3.8) is 0 Å². The van der Waals surface area contributed by atoms with E-state index in [2.05, 4.69) is 20.7 Å². The fourth-order valence-corrected chi connectivity index (χ4v) is 1.46. The topological polar surface area (TPSA) is 35.5 Å². The highest BCUT2D eigenvalue weighted by molar-refractivity contribution is 9.08. The predicted octanol–water partition coefficient (Wildman–Crippen LogP) is 2.79. The minimum Gasteiger partial charge on any atom is -0.480 e. The lowest BCUT2D eigenvalue weighted by molar-refractivity contribution is -0.142. The Balaban J connectivity index is 2.70. The number of hydrogen-bond donors (Lipinski definition) is 0. The van der Waals surface area contributed by atoms with Crippen LogP contribution in [0.5, 0.6) is 5.75 Å². The van der Waals surface area contributed by atoms with Gasteiger partial charge in [-0.05, 0) is 17.7 Å². The van der Waals surface area contributed by atoms with Gasteiger partial charge in [-0.3, -0.25) is 0 Å². The Morgan fingerprint density at radius 1 is 1.53 bits per heavy atom. The minimum atomic E-state index is -0.435. The average Bonchev–Trinajstić information content (AvgIpc) is 2.27. The molecule has 5 heteroatoms. The maximum absolute atomic E-state index is 10.9. The number of esters is 1. The molecule has 0 saturated heterocycles. The Hall–Kier alpha value is -0.740. The number of carbonyl (C=O) groups is 1. The molecule has 1 aromatic rings. The molecular formula is C10H10BrClO3. The van der Waals surface area contributed by atoms with Crippen LogP contribution in [0.1, 0.15) is 5.56 Å². The van der Waals surface area contributed by atoms with Gasteiger partial charge < -0.3 is 9.47 Å². The molecule has 0 aliphatic heterocycles. The van der Waals surface area contributed by atoms with Crippen molar-refractivity contribution in [2.75, 3.05) is 13.7 Å². The van der Waals surface area contributed by atoms with Crippen LogP contribution in [0.25, 0.3) is 0 Å². The molecule has 1 rings (SSSR count). The van der Waals surface area contributed by atoms with Crippen LogP contribution in [-0.2, 0) is 14.9 Å². The average molecular weight is 294 g/mol. The van der Waals surface area contributed by atoms with Crippen LogP contribution in [0.2, 0.25) is 5.02 Å². The molecule has 0 saturated carbocycles. The largest absolute Gasteiger partial charge is 0.480 e. The number of halogens is 2. The minimum absolute atomic E-state index is 0.137. The van der Waals surface area contributed by atoms with Crippen LogP contribution < -0.4 is 4.74 Å². The van der Waals surface area contributed by atoms with Crippen molar-refractivity contribution in [3.05, 3.63) is 28.8 Å². The second-order valence-electron chi connectivity index (χ2n) is 2.76. The normalized spacial score (nSPS) is 9.80. The number of benzene rings is 1. The summed E-state index contributed by atoms with van der Waals surface area (Å²) in [5.41, 5.74) is 1.03. The molecule has 0 unspecified atom stereocenters. The van der Waals surface area contributed by atoms with E-state index in [0.29, 0.717) is 16.1 Å². The second kappa shape index (κ2) is 5.98. The smallest absolute Gasteiger partial charge is 0.343 e. The zero-order chi connectivity index (χ0) is 11.3. The molecule has 0 atom stereocenters. The zero-order valence-corrected chi connectivity index (χ0v) is 10.5. The molecule has 0 aliphatic carbocycles. The summed E-state index contributed by atoms with van der Waals surface area (Å²) < 4.78 is 9.66. The molecule has 1 aromatic carbocycles. The van der Waals surface area contributed by atoms with E-state index in [-0.39, 0.29) is 6.61 Å². The number of ether oxygens (including phenoxy) is 2. The number of carbonyl (C=O) groups excluding carboxylic acids is 1. The summed E-state index contributed by atoms with van der Waals surface area (Å²) in [5.74, 6) is 0.0503. The standard InChI is InChI=1S/C10H10BrClO3/c1-14-10(13)6-15-9-4-7(5-11)2-3-8(9)12/h2-4H,5-6H2,1H3.